The normalized spacial score (nSPS) is 19.7. The third-order valence-corrected chi connectivity index (χ3v) is 3.88. The molecule has 9 nitrogen and oxygen atoms in total. The number of nitrogens with one attached hydrogen (secondary N) is 1. The minimum atomic E-state index is -1.33. The number of rotatable bonds is 5. The zero-order valence-corrected chi connectivity index (χ0v) is 18.1. The van der Waals surface area contributed by atoms with Crippen molar-refractivity contribution in [2.45, 2.75) is 90.0 Å². The van der Waals surface area contributed by atoms with Crippen molar-refractivity contribution in [3.63, 3.8) is 0 Å². The van der Waals surface area contributed by atoms with Crippen molar-refractivity contribution in [1.29, 1.82) is 0 Å². The highest BCUT2D eigenvalue weighted by molar-refractivity contribution is 6.22. The summed E-state index contributed by atoms with van der Waals surface area (Å²) in [6, 6.07) is -2.30. The van der Waals surface area contributed by atoms with E-state index in [2.05, 4.69) is 5.32 Å². The topological polar surface area (TPSA) is 111 Å². The largest absolute Gasteiger partial charge is 0.509 e. The highest BCUT2D eigenvalue weighted by Gasteiger charge is 2.50. The van der Waals surface area contributed by atoms with Crippen LogP contribution in [0.25, 0.3) is 0 Å². The van der Waals surface area contributed by atoms with Gasteiger partial charge < -0.3 is 19.5 Å². The first-order valence-electron chi connectivity index (χ1n) is 9.07. The molecule has 1 fully saturated rings. The van der Waals surface area contributed by atoms with Crippen LogP contribution in [-0.4, -0.2) is 57.8 Å². The molecule has 0 aromatic carbocycles. The average Bonchev–Trinajstić information content (AvgIpc) is 2.76. The van der Waals surface area contributed by atoms with Crippen LogP contribution in [0.15, 0.2) is 0 Å². The molecule has 0 bridgehead atoms. The molecule has 1 aliphatic rings. The first kappa shape index (κ1) is 24.0. The van der Waals surface area contributed by atoms with Gasteiger partial charge in [0, 0.05) is 0 Å². The van der Waals surface area contributed by atoms with Gasteiger partial charge in [-0.2, -0.15) is 4.90 Å². The Morgan fingerprint density at radius 1 is 1.11 bits per heavy atom. The van der Waals surface area contributed by atoms with Crippen LogP contribution in [0.2, 0.25) is 0 Å². The minimum Gasteiger partial charge on any atom is -0.443 e. The minimum absolute atomic E-state index is 0.344. The molecule has 1 rings (SSSR count). The lowest BCUT2D eigenvalue weighted by Crippen LogP contribution is -2.49. The molecule has 0 aliphatic carbocycles. The van der Waals surface area contributed by atoms with Gasteiger partial charge in [0.15, 0.2) is 6.10 Å². The van der Waals surface area contributed by atoms with E-state index in [1.54, 1.807) is 41.5 Å². The molecule has 1 N–H and O–H groups in total. The number of alkyl halides is 1. The average molecular weight is 421 g/mol. The third-order valence-electron chi connectivity index (χ3n) is 3.42. The van der Waals surface area contributed by atoms with Crippen LogP contribution in [0.3, 0.4) is 0 Å². The molecule has 0 saturated carbocycles. The molecule has 0 aromatic rings. The predicted octanol–water partition coefficient (Wildman–Crippen LogP) is 3.57. The smallest absolute Gasteiger partial charge is 0.443 e. The zero-order chi connectivity index (χ0) is 21.9. The van der Waals surface area contributed by atoms with Crippen LogP contribution in [0.1, 0.15) is 61.3 Å². The van der Waals surface area contributed by atoms with Gasteiger partial charge in [-0.05, 0) is 48.0 Å². The van der Waals surface area contributed by atoms with Crippen LogP contribution in [0.5, 0.6) is 0 Å². The van der Waals surface area contributed by atoms with Gasteiger partial charge in [0.05, 0.1) is 5.38 Å². The molecular weight excluding hydrogens is 392 g/mol. The van der Waals surface area contributed by atoms with Crippen LogP contribution in [-0.2, 0) is 19.0 Å². The summed E-state index contributed by atoms with van der Waals surface area (Å²) in [5, 5.41) is 1.56. The molecule has 1 heterocycles. The molecule has 4 amide bonds. The predicted molar refractivity (Wildman–Crippen MR) is 101 cm³/mol. The van der Waals surface area contributed by atoms with Gasteiger partial charge in [-0.3, -0.25) is 4.79 Å². The fourth-order valence-electron chi connectivity index (χ4n) is 2.38. The van der Waals surface area contributed by atoms with Crippen molar-refractivity contribution in [1.82, 2.24) is 10.2 Å². The third kappa shape index (κ3) is 6.85. The van der Waals surface area contributed by atoms with E-state index in [-0.39, 0.29) is 0 Å². The highest BCUT2D eigenvalue weighted by atomic mass is 35.5. The summed E-state index contributed by atoms with van der Waals surface area (Å²) in [5.74, 6) is -0.908. The molecule has 0 aromatic heterocycles. The molecule has 0 spiro atoms. The zero-order valence-electron chi connectivity index (χ0n) is 17.3. The summed E-state index contributed by atoms with van der Waals surface area (Å²) in [4.78, 5) is 49.6. The van der Waals surface area contributed by atoms with Gasteiger partial charge in [0.25, 0.3) is 5.91 Å². The standard InChI is InChI=1S/C18H29ClN2O7/c1-8-9-10(19)12(26-16(25)28-18(5,6)7)11-13(22)21(14(23)20-11)15(24)27-17(2,3)4/h10-12H,8-9H2,1-7H3,(H,20,23)/t10-,11?,12-/m1/s1. The number of ether oxygens (including phenoxy) is 3. The van der Waals surface area contributed by atoms with Crippen LogP contribution < -0.4 is 5.32 Å². The lowest BCUT2D eigenvalue weighted by atomic mass is 10.0. The second-order valence-electron chi connectivity index (χ2n) is 8.43. The van der Waals surface area contributed by atoms with Gasteiger partial charge in [-0.1, -0.05) is 13.3 Å². The maximum atomic E-state index is 12.7. The molecule has 10 heteroatoms. The Balaban J connectivity index is 3.04. The van der Waals surface area contributed by atoms with E-state index in [4.69, 9.17) is 25.8 Å². The second-order valence-corrected chi connectivity index (χ2v) is 8.99. The van der Waals surface area contributed by atoms with E-state index in [0.29, 0.717) is 17.7 Å². The molecule has 1 unspecified atom stereocenters. The van der Waals surface area contributed by atoms with Crippen molar-refractivity contribution < 1.29 is 33.4 Å². The maximum absolute atomic E-state index is 12.7. The summed E-state index contributed by atoms with van der Waals surface area (Å²) in [5.41, 5.74) is -1.72. The summed E-state index contributed by atoms with van der Waals surface area (Å²) in [6.45, 7) is 11.6. The number of carbonyl (C=O) groups is 4. The molecule has 160 valence electrons. The maximum Gasteiger partial charge on any atom is 0.509 e. The SMILES string of the molecule is CCC[C@@H](Cl)[C@@H](OC(=O)OC(C)(C)C)C1NC(=O)N(C(=O)OC(C)(C)C)C1=O. The number of carbonyl (C=O) groups excluding carboxylic acids is 4. The Morgan fingerprint density at radius 3 is 2.11 bits per heavy atom. The van der Waals surface area contributed by atoms with Gasteiger partial charge in [0.2, 0.25) is 0 Å². The Bertz CT molecular complexity index is 624. The van der Waals surface area contributed by atoms with Crippen LogP contribution in [0.4, 0.5) is 14.4 Å². The number of urea groups is 1. The summed E-state index contributed by atoms with van der Waals surface area (Å²) in [6.07, 6.45) is -2.32. The van der Waals surface area contributed by atoms with Crippen molar-refractivity contribution in [2.75, 3.05) is 0 Å². The number of amides is 4. The lowest BCUT2D eigenvalue weighted by Gasteiger charge is -2.28. The Labute approximate surface area is 170 Å². The molecule has 0 radical (unpaired) electrons. The quantitative estimate of drug-likeness (QED) is 0.411. The Hall–Kier alpha value is -2.03. The number of halogens is 1. The first-order valence-corrected chi connectivity index (χ1v) is 9.51. The van der Waals surface area contributed by atoms with Crippen molar-refractivity contribution in [2.24, 2.45) is 0 Å². The van der Waals surface area contributed by atoms with E-state index in [1.807, 2.05) is 6.92 Å². The number of nitrogens with zero attached hydrogens (tertiary/aromatic N) is 1. The molecule has 28 heavy (non-hydrogen) atoms. The van der Waals surface area contributed by atoms with Gasteiger partial charge in [0.1, 0.15) is 17.2 Å². The Kier molecular flexibility index (Phi) is 7.70. The van der Waals surface area contributed by atoms with E-state index < -0.39 is 52.9 Å². The first-order chi connectivity index (χ1) is 12.7. The molecule has 3 atom stereocenters. The van der Waals surface area contributed by atoms with Gasteiger partial charge >= 0.3 is 18.3 Å². The van der Waals surface area contributed by atoms with Crippen molar-refractivity contribution >= 4 is 35.8 Å². The molecule has 1 aliphatic heterocycles. The molecule has 1 saturated heterocycles. The van der Waals surface area contributed by atoms with E-state index in [9.17, 15) is 19.2 Å². The summed E-state index contributed by atoms with van der Waals surface area (Å²) in [7, 11) is 0. The van der Waals surface area contributed by atoms with Crippen molar-refractivity contribution in [3.8, 4) is 0 Å². The Morgan fingerprint density at radius 2 is 1.64 bits per heavy atom. The lowest BCUT2D eigenvalue weighted by molar-refractivity contribution is -0.129. The van der Waals surface area contributed by atoms with Gasteiger partial charge in [-0.25, -0.2) is 14.4 Å². The highest BCUT2D eigenvalue weighted by Crippen LogP contribution is 2.24. The second kappa shape index (κ2) is 8.98. The van der Waals surface area contributed by atoms with Gasteiger partial charge in [-0.15, -0.1) is 11.6 Å². The van der Waals surface area contributed by atoms with E-state index in [1.165, 1.54) is 0 Å². The van der Waals surface area contributed by atoms with Crippen molar-refractivity contribution in [3.05, 3.63) is 0 Å². The number of hydrogen-bond acceptors (Lipinski definition) is 7. The summed E-state index contributed by atoms with van der Waals surface area (Å²) >= 11 is 6.32. The monoisotopic (exact) mass is 420 g/mol. The fraction of sp³-hybridized carbons (Fsp3) is 0.778. The van der Waals surface area contributed by atoms with E-state index in [0.717, 1.165) is 0 Å². The van der Waals surface area contributed by atoms with Crippen LogP contribution in [0, 0.1) is 0 Å². The number of imide groups is 3. The van der Waals surface area contributed by atoms with Crippen LogP contribution >= 0.6 is 11.6 Å². The van der Waals surface area contributed by atoms with E-state index >= 15 is 0 Å². The number of hydrogen-bond donors (Lipinski definition) is 1. The molecular formula is C18H29ClN2O7. The fourth-order valence-corrected chi connectivity index (χ4v) is 2.79. The summed E-state index contributed by atoms with van der Waals surface area (Å²) < 4.78 is 15.5.